The van der Waals surface area contributed by atoms with E-state index in [1.165, 1.54) is 0 Å². The van der Waals surface area contributed by atoms with Gasteiger partial charge in [0.25, 0.3) is 10.0 Å². The smallest absolute Gasteiger partial charge is 0.261 e. The molecule has 4 rings (SSSR count). The summed E-state index contributed by atoms with van der Waals surface area (Å²) in [6.45, 7) is 7.92. The van der Waals surface area contributed by atoms with Crippen molar-refractivity contribution in [1.29, 1.82) is 0 Å². The number of ketones is 1. The summed E-state index contributed by atoms with van der Waals surface area (Å²) in [5.41, 5.74) is 5.95. The van der Waals surface area contributed by atoms with Gasteiger partial charge in [0, 0.05) is 35.5 Å². The number of sulfonamides is 1. The number of nitrogens with one attached hydrogen (secondary N) is 2. The van der Waals surface area contributed by atoms with Crippen LogP contribution in [-0.4, -0.2) is 20.8 Å². The van der Waals surface area contributed by atoms with Crippen LogP contribution in [0.25, 0.3) is 0 Å². The van der Waals surface area contributed by atoms with Crippen molar-refractivity contribution in [3.05, 3.63) is 88.5 Å². The summed E-state index contributed by atoms with van der Waals surface area (Å²) in [6, 6.07) is 18.1. The van der Waals surface area contributed by atoms with Crippen LogP contribution in [0.15, 0.2) is 65.6 Å². The molecule has 0 saturated heterocycles. The van der Waals surface area contributed by atoms with Crippen LogP contribution in [0.3, 0.4) is 0 Å². The molecular weight excluding hydrogens is 448 g/mol. The van der Waals surface area contributed by atoms with Crippen LogP contribution in [0.4, 0.5) is 11.4 Å². The predicted octanol–water partition coefficient (Wildman–Crippen LogP) is 5.94. The Balaban J connectivity index is 1.65. The molecule has 1 aliphatic heterocycles. The largest absolute Gasteiger partial charge is 0.378 e. The van der Waals surface area contributed by atoms with E-state index in [-0.39, 0.29) is 22.8 Å². The molecule has 7 heteroatoms. The second-order valence-corrected chi connectivity index (χ2v) is 10.4. The van der Waals surface area contributed by atoms with Crippen molar-refractivity contribution >= 4 is 27.2 Å². The molecule has 0 fully saturated rings. The van der Waals surface area contributed by atoms with Gasteiger partial charge < -0.3 is 10.1 Å². The molecule has 34 heavy (non-hydrogen) atoms. The third-order valence-corrected chi connectivity index (χ3v) is 7.66. The molecule has 2 N–H and O–H groups in total. The first-order valence-corrected chi connectivity index (χ1v) is 12.9. The van der Waals surface area contributed by atoms with E-state index in [1.807, 2.05) is 57.2 Å². The van der Waals surface area contributed by atoms with Crippen molar-refractivity contribution in [2.45, 2.75) is 51.2 Å². The van der Waals surface area contributed by atoms with Gasteiger partial charge in [-0.3, -0.25) is 9.52 Å². The van der Waals surface area contributed by atoms with Crippen LogP contribution in [0.5, 0.6) is 0 Å². The first-order valence-electron chi connectivity index (χ1n) is 11.4. The number of aryl methyl sites for hydroxylation is 2. The van der Waals surface area contributed by atoms with Crippen molar-refractivity contribution in [2.24, 2.45) is 0 Å². The number of hydrogen-bond donors (Lipinski definition) is 2. The van der Waals surface area contributed by atoms with Crippen LogP contribution < -0.4 is 10.0 Å². The molecule has 2 atom stereocenters. The maximum Gasteiger partial charge on any atom is 0.261 e. The Bertz CT molecular complexity index is 1330. The topological polar surface area (TPSA) is 84.5 Å². The third-order valence-electron chi connectivity index (χ3n) is 6.28. The Hall–Kier alpha value is -3.16. The fourth-order valence-electron chi connectivity index (χ4n) is 4.27. The van der Waals surface area contributed by atoms with Gasteiger partial charge in [-0.05, 0) is 80.8 Å². The summed E-state index contributed by atoms with van der Waals surface area (Å²) in [6.07, 6.45) is 0.347. The normalized spacial score (nSPS) is 17.5. The number of ether oxygens (including phenoxy) is 1. The lowest BCUT2D eigenvalue weighted by Gasteiger charge is -2.33. The number of rotatable bonds is 7. The second kappa shape index (κ2) is 9.60. The molecule has 178 valence electrons. The average Bonchev–Trinajstić information content (AvgIpc) is 2.81. The van der Waals surface area contributed by atoms with E-state index in [4.69, 9.17) is 4.74 Å². The quantitative estimate of drug-likeness (QED) is 0.411. The first-order chi connectivity index (χ1) is 16.2. The molecule has 1 aliphatic rings. The molecule has 0 aromatic heterocycles. The van der Waals surface area contributed by atoms with Gasteiger partial charge in [0.1, 0.15) is 0 Å². The zero-order valence-electron chi connectivity index (χ0n) is 19.9. The summed E-state index contributed by atoms with van der Waals surface area (Å²) in [7, 11) is -3.77. The number of anilines is 2. The molecule has 6 nitrogen and oxygen atoms in total. The van der Waals surface area contributed by atoms with Crippen molar-refractivity contribution in [3.8, 4) is 0 Å². The Labute approximate surface area is 201 Å². The fraction of sp³-hybridized carbons (Fsp3) is 0.296. The maximum absolute atomic E-state index is 13.1. The van der Waals surface area contributed by atoms with Crippen molar-refractivity contribution in [1.82, 2.24) is 0 Å². The predicted molar refractivity (Wildman–Crippen MR) is 135 cm³/mol. The van der Waals surface area contributed by atoms with Gasteiger partial charge in [-0.15, -0.1) is 0 Å². The molecule has 0 radical (unpaired) electrons. The minimum absolute atomic E-state index is 0.0190. The number of carbonyl (C=O) groups excluding carboxylic acids is 1. The van der Waals surface area contributed by atoms with Gasteiger partial charge in [-0.1, -0.05) is 24.3 Å². The molecule has 0 amide bonds. The van der Waals surface area contributed by atoms with E-state index in [0.29, 0.717) is 24.3 Å². The average molecular weight is 479 g/mol. The van der Waals surface area contributed by atoms with Crippen LogP contribution in [0, 0.1) is 13.8 Å². The summed E-state index contributed by atoms with van der Waals surface area (Å²) in [4.78, 5) is 12.0. The van der Waals surface area contributed by atoms with E-state index in [9.17, 15) is 13.2 Å². The van der Waals surface area contributed by atoms with Gasteiger partial charge in [0.15, 0.2) is 5.78 Å². The monoisotopic (exact) mass is 478 g/mol. The molecule has 0 spiro atoms. The van der Waals surface area contributed by atoms with Crippen LogP contribution in [0.2, 0.25) is 0 Å². The number of fused-ring (bicyclic) bond motifs is 1. The first kappa shape index (κ1) is 24.0. The lowest BCUT2D eigenvalue weighted by atomic mass is 9.90. The number of hydrogen-bond acceptors (Lipinski definition) is 5. The molecule has 1 heterocycles. The Morgan fingerprint density at radius 2 is 1.85 bits per heavy atom. The van der Waals surface area contributed by atoms with E-state index in [2.05, 4.69) is 10.0 Å². The zero-order chi connectivity index (χ0) is 24.5. The van der Waals surface area contributed by atoms with Crippen LogP contribution in [-0.2, 0) is 14.8 Å². The van der Waals surface area contributed by atoms with Gasteiger partial charge in [-0.2, -0.15) is 0 Å². The summed E-state index contributed by atoms with van der Waals surface area (Å²) >= 11 is 0. The Kier molecular flexibility index (Phi) is 6.77. The molecule has 2 unspecified atom stereocenters. The lowest BCUT2D eigenvalue weighted by Crippen LogP contribution is -2.24. The molecule has 3 aromatic carbocycles. The molecule has 0 aliphatic carbocycles. The maximum atomic E-state index is 13.1. The highest BCUT2D eigenvalue weighted by Crippen LogP contribution is 2.42. The minimum atomic E-state index is -3.77. The molecule has 3 aromatic rings. The number of benzene rings is 3. The van der Waals surface area contributed by atoms with Gasteiger partial charge in [0.05, 0.1) is 17.0 Å². The highest BCUT2D eigenvalue weighted by Gasteiger charge is 2.30. The van der Waals surface area contributed by atoms with Gasteiger partial charge >= 0.3 is 0 Å². The van der Waals surface area contributed by atoms with Gasteiger partial charge in [0.2, 0.25) is 0 Å². The SMILES string of the molecule is CCOC1CC(c2cccc(C(C)=O)c2)Nc2ccc(S(=O)(=O)Nc3ccc(C)c(C)c3)cc21. The van der Waals surface area contributed by atoms with Crippen LogP contribution in [0.1, 0.15) is 65.0 Å². The Morgan fingerprint density at radius 1 is 1.06 bits per heavy atom. The van der Waals surface area contributed by atoms with Crippen molar-refractivity contribution < 1.29 is 17.9 Å². The van der Waals surface area contributed by atoms with Crippen LogP contribution >= 0.6 is 0 Å². The van der Waals surface area contributed by atoms with Crippen molar-refractivity contribution in [3.63, 3.8) is 0 Å². The zero-order valence-corrected chi connectivity index (χ0v) is 20.7. The van der Waals surface area contributed by atoms with Crippen molar-refractivity contribution in [2.75, 3.05) is 16.6 Å². The highest BCUT2D eigenvalue weighted by molar-refractivity contribution is 7.92. The molecular formula is C27H30N2O4S. The second-order valence-electron chi connectivity index (χ2n) is 8.71. The summed E-state index contributed by atoms with van der Waals surface area (Å²) in [5, 5.41) is 3.50. The van der Waals surface area contributed by atoms with Gasteiger partial charge in [-0.25, -0.2) is 8.42 Å². The standard InChI is InChI=1S/C27H30N2O4S/c1-5-33-27-16-26(21-8-6-7-20(14-21)19(4)30)28-25-12-11-23(15-24(25)27)34(31,32)29-22-10-9-17(2)18(3)13-22/h6-15,26-29H,5,16H2,1-4H3. The third kappa shape index (κ3) is 5.00. The lowest BCUT2D eigenvalue weighted by molar-refractivity contribution is 0.0497. The highest BCUT2D eigenvalue weighted by atomic mass is 32.2. The van der Waals surface area contributed by atoms with E-state index in [0.717, 1.165) is 27.9 Å². The fourth-order valence-corrected chi connectivity index (χ4v) is 5.35. The van der Waals surface area contributed by atoms with E-state index < -0.39 is 10.0 Å². The van der Waals surface area contributed by atoms with E-state index >= 15 is 0 Å². The number of Topliss-reactive ketones (excluding diaryl/α,β-unsaturated/α-hetero) is 1. The minimum Gasteiger partial charge on any atom is -0.378 e. The Morgan fingerprint density at radius 3 is 2.56 bits per heavy atom. The summed E-state index contributed by atoms with van der Waals surface area (Å²) < 4.78 is 35.0. The number of carbonyl (C=O) groups is 1. The molecule has 0 bridgehead atoms. The molecule has 0 saturated carbocycles. The van der Waals surface area contributed by atoms with E-state index in [1.54, 1.807) is 31.2 Å². The summed E-state index contributed by atoms with van der Waals surface area (Å²) in [5.74, 6) is 0.0190.